The minimum atomic E-state index is 0.339. The third-order valence-electron chi connectivity index (χ3n) is 4.02. The van der Waals surface area contributed by atoms with E-state index in [1.165, 1.54) is 42.0 Å². The van der Waals surface area contributed by atoms with Crippen molar-refractivity contribution in [3.05, 3.63) is 42.5 Å². The number of aromatic nitrogens is 1. The van der Waals surface area contributed by atoms with Gasteiger partial charge in [-0.15, -0.1) is 0 Å². The Morgan fingerprint density at radius 2 is 1.62 bits per heavy atom. The van der Waals surface area contributed by atoms with Crippen molar-refractivity contribution in [1.29, 1.82) is 0 Å². The van der Waals surface area contributed by atoms with Gasteiger partial charge in [0.15, 0.2) is 0 Å². The summed E-state index contributed by atoms with van der Waals surface area (Å²) in [5.74, 6) is 0.339. The van der Waals surface area contributed by atoms with Gasteiger partial charge in [-0.05, 0) is 31.0 Å². The van der Waals surface area contributed by atoms with Crippen molar-refractivity contribution in [2.75, 3.05) is 5.33 Å². The van der Waals surface area contributed by atoms with E-state index in [2.05, 4.69) is 44.8 Å². The standard InChI is InChI=1S/C18H20BrNO/c19-11-5-1-2-6-12-20-17-8-4-3-7-15(17)16-10-9-14(21)13-18(16)20/h3-4,7-10,13,21H,1-2,5-6,11-12H2. The molecule has 21 heavy (non-hydrogen) atoms. The number of aryl methyl sites for hydroxylation is 1. The van der Waals surface area contributed by atoms with Crippen LogP contribution in [-0.2, 0) is 6.54 Å². The van der Waals surface area contributed by atoms with Gasteiger partial charge in [-0.2, -0.15) is 0 Å². The van der Waals surface area contributed by atoms with E-state index in [1.54, 1.807) is 6.07 Å². The van der Waals surface area contributed by atoms with Crippen LogP contribution in [-0.4, -0.2) is 15.0 Å². The van der Waals surface area contributed by atoms with Crippen LogP contribution in [0, 0.1) is 0 Å². The smallest absolute Gasteiger partial charge is 0.117 e. The van der Waals surface area contributed by atoms with Gasteiger partial charge in [-0.1, -0.05) is 47.0 Å². The average molecular weight is 346 g/mol. The number of benzene rings is 2. The van der Waals surface area contributed by atoms with Crippen LogP contribution < -0.4 is 0 Å². The Balaban J connectivity index is 1.95. The maximum Gasteiger partial charge on any atom is 0.117 e. The number of aromatic hydroxyl groups is 1. The molecule has 1 N–H and O–H groups in total. The lowest BCUT2D eigenvalue weighted by Gasteiger charge is -2.07. The fourth-order valence-corrected chi connectivity index (χ4v) is 3.39. The zero-order chi connectivity index (χ0) is 14.7. The molecule has 2 aromatic carbocycles. The zero-order valence-corrected chi connectivity index (χ0v) is 13.6. The number of phenols is 1. The second-order valence-electron chi connectivity index (χ2n) is 5.47. The third kappa shape index (κ3) is 2.93. The highest BCUT2D eigenvalue weighted by Crippen LogP contribution is 2.31. The van der Waals surface area contributed by atoms with Crippen LogP contribution in [0.5, 0.6) is 5.75 Å². The number of halogens is 1. The monoisotopic (exact) mass is 345 g/mol. The maximum absolute atomic E-state index is 9.80. The molecule has 0 aliphatic rings. The number of para-hydroxylation sites is 1. The molecule has 3 heteroatoms. The van der Waals surface area contributed by atoms with Gasteiger partial charge in [0.2, 0.25) is 0 Å². The Kier molecular flexibility index (Phi) is 4.49. The average Bonchev–Trinajstić information content (AvgIpc) is 2.81. The highest BCUT2D eigenvalue weighted by Gasteiger charge is 2.10. The van der Waals surface area contributed by atoms with Crippen LogP contribution in [0.25, 0.3) is 21.8 Å². The largest absolute Gasteiger partial charge is 0.508 e. The van der Waals surface area contributed by atoms with Crippen molar-refractivity contribution in [2.24, 2.45) is 0 Å². The fourth-order valence-electron chi connectivity index (χ4n) is 3.00. The molecule has 2 nitrogen and oxygen atoms in total. The molecule has 0 fully saturated rings. The minimum absolute atomic E-state index is 0.339. The van der Waals surface area contributed by atoms with Crippen LogP contribution in [0.15, 0.2) is 42.5 Å². The highest BCUT2D eigenvalue weighted by molar-refractivity contribution is 9.09. The number of phenolic OH excluding ortho intramolecular Hbond substituents is 1. The van der Waals surface area contributed by atoms with Crippen LogP contribution in [0.2, 0.25) is 0 Å². The summed E-state index contributed by atoms with van der Waals surface area (Å²) < 4.78 is 2.35. The molecule has 0 spiro atoms. The first-order chi connectivity index (χ1) is 10.3. The first kappa shape index (κ1) is 14.5. The molecule has 3 rings (SSSR count). The first-order valence-electron chi connectivity index (χ1n) is 7.57. The molecule has 0 saturated heterocycles. The quantitative estimate of drug-likeness (QED) is 0.466. The van der Waals surface area contributed by atoms with Gasteiger partial charge in [0.1, 0.15) is 5.75 Å². The second-order valence-corrected chi connectivity index (χ2v) is 6.27. The van der Waals surface area contributed by atoms with Crippen LogP contribution in [0.3, 0.4) is 0 Å². The lowest BCUT2D eigenvalue weighted by molar-refractivity contribution is 0.475. The Labute approximate surface area is 133 Å². The van der Waals surface area contributed by atoms with Crippen LogP contribution >= 0.6 is 15.9 Å². The Morgan fingerprint density at radius 3 is 2.48 bits per heavy atom. The number of unbranched alkanes of at least 4 members (excludes halogenated alkanes) is 3. The van der Waals surface area contributed by atoms with Crippen molar-refractivity contribution in [3.8, 4) is 5.75 Å². The molecule has 0 amide bonds. The van der Waals surface area contributed by atoms with E-state index < -0.39 is 0 Å². The molecule has 1 aromatic heterocycles. The summed E-state index contributed by atoms with van der Waals surface area (Å²) >= 11 is 3.48. The van der Waals surface area contributed by atoms with Crippen molar-refractivity contribution < 1.29 is 5.11 Å². The summed E-state index contributed by atoms with van der Waals surface area (Å²) in [6, 6.07) is 14.2. The third-order valence-corrected chi connectivity index (χ3v) is 4.58. The number of nitrogens with zero attached hydrogens (tertiary/aromatic N) is 1. The number of fused-ring (bicyclic) bond motifs is 3. The molecule has 0 saturated carbocycles. The van der Waals surface area contributed by atoms with Crippen LogP contribution in [0.4, 0.5) is 0 Å². The molecule has 110 valence electrons. The summed E-state index contributed by atoms with van der Waals surface area (Å²) in [6.45, 7) is 1.01. The molecule has 3 aromatic rings. The van der Waals surface area contributed by atoms with E-state index in [4.69, 9.17) is 0 Å². The molecule has 0 atom stereocenters. The molecular formula is C18H20BrNO. The lowest BCUT2D eigenvalue weighted by atomic mass is 10.1. The summed E-state index contributed by atoms with van der Waals surface area (Å²) in [7, 11) is 0. The van der Waals surface area contributed by atoms with Gasteiger partial charge >= 0.3 is 0 Å². The van der Waals surface area contributed by atoms with Crippen LogP contribution in [0.1, 0.15) is 25.7 Å². The van der Waals surface area contributed by atoms with Gasteiger partial charge in [0.05, 0.1) is 5.52 Å². The molecule has 0 unspecified atom stereocenters. The van der Waals surface area contributed by atoms with Gasteiger partial charge in [0.25, 0.3) is 0 Å². The molecule has 0 bridgehead atoms. The molecule has 1 heterocycles. The zero-order valence-electron chi connectivity index (χ0n) is 12.1. The normalized spacial score (nSPS) is 11.5. The summed E-state index contributed by atoms with van der Waals surface area (Å²) in [6.07, 6.45) is 4.94. The summed E-state index contributed by atoms with van der Waals surface area (Å²) in [5, 5.41) is 13.4. The fraction of sp³-hybridized carbons (Fsp3) is 0.333. The van der Waals surface area contributed by atoms with E-state index in [9.17, 15) is 5.11 Å². The Hall–Kier alpha value is -1.48. The summed E-state index contributed by atoms with van der Waals surface area (Å²) in [5.41, 5.74) is 2.40. The van der Waals surface area contributed by atoms with Crippen molar-refractivity contribution >= 4 is 37.7 Å². The number of rotatable bonds is 6. The minimum Gasteiger partial charge on any atom is -0.508 e. The maximum atomic E-state index is 9.80. The number of hydrogen-bond acceptors (Lipinski definition) is 1. The van der Waals surface area contributed by atoms with E-state index in [1.807, 2.05) is 12.1 Å². The second kappa shape index (κ2) is 6.52. The molecular weight excluding hydrogens is 326 g/mol. The molecule has 0 aliphatic heterocycles. The molecule has 0 aliphatic carbocycles. The number of alkyl halides is 1. The van der Waals surface area contributed by atoms with E-state index in [0.717, 1.165) is 17.4 Å². The summed E-state index contributed by atoms with van der Waals surface area (Å²) in [4.78, 5) is 0. The predicted molar refractivity (Wildman–Crippen MR) is 93.4 cm³/mol. The van der Waals surface area contributed by atoms with E-state index in [0.29, 0.717) is 5.75 Å². The van der Waals surface area contributed by atoms with E-state index >= 15 is 0 Å². The van der Waals surface area contributed by atoms with Gasteiger partial charge in [0, 0.05) is 34.2 Å². The molecule has 0 radical (unpaired) electrons. The van der Waals surface area contributed by atoms with E-state index in [-0.39, 0.29) is 0 Å². The Bertz CT molecular complexity index is 747. The highest BCUT2D eigenvalue weighted by atomic mass is 79.9. The Morgan fingerprint density at radius 1 is 0.857 bits per heavy atom. The predicted octanol–water partition coefficient (Wildman–Crippen LogP) is 5.46. The lowest BCUT2D eigenvalue weighted by Crippen LogP contribution is -1.97. The van der Waals surface area contributed by atoms with Gasteiger partial charge in [-0.3, -0.25) is 0 Å². The number of hydrogen-bond donors (Lipinski definition) is 1. The van der Waals surface area contributed by atoms with Crippen molar-refractivity contribution in [3.63, 3.8) is 0 Å². The van der Waals surface area contributed by atoms with Crippen molar-refractivity contribution in [2.45, 2.75) is 32.2 Å². The first-order valence-corrected chi connectivity index (χ1v) is 8.69. The topological polar surface area (TPSA) is 25.2 Å². The van der Waals surface area contributed by atoms with Crippen molar-refractivity contribution in [1.82, 2.24) is 4.57 Å². The van der Waals surface area contributed by atoms with Gasteiger partial charge < -0.3 is 9.67 Å². The SMILES string of the molecule is Oc1ccc2c3ccccc3n(CCCCCCBr)c2c1. The van der Waals surface area contributed by atoms with Gasteiger partial charge in [-0.25, -0.2) is 0 Å².